The molecule has 0 aliphatic carbocycles. The normalized spacial score (nSPS) is 12.6. The Labute approximate surface area is 91.9 Å². The van der Waals surface area contributed by atoms with E-state index in [0.717, 1.165) is 23.3 Å². The summed E-state index contributed by atoms with van der Waals surface area (Å²) < 4.78 is 5.63. The molecule has 1 aromatic carbocycles. The highest BCUT2D eigenvalue weighted by Gasteiger charge is 2.07. The van der Waals surface area contributed by atoms with E-state index in [1.807, 2.05) is 20.8 Å². The van der Waals surface area contributed by atoms with Crippen LogP contribution in [0.5, 0.6) is 5.75 Å². The lowest BCUT2D eigenvalue weighted by Crippen LogP contribution is -2.16. The van der Waals surface area contributed by atoms with Gasteiger partial charge in [-0.3, -0.25) is 0 Å². The van der Waals surface area contributed by atoms with E-state index in [4.69, 9.17) is 4.74 Å². The molecule has 0 saturated carbocycles. The van der Waals surface area contributed by atoms with Gasteiger partial charge in [-0.05, 0) is 38.3 Å². The largest absolute Gasteiger partial charge is 0.490 e. The van der Waals surface area contributed by atoms with E-state index in [0.29, 0.717) is 6.61 Å². The highest BCUT2D eigenvalue weighted by atomic mass is 16.5. The summed E-state index contributed by atoms with van der Waals surface area (Å²) in [7, 11) is 0. The summed E-state index contributed by atoms with van der Waals surface area (Å²) >= 11 is 0. The number of aliphatic hydroxyl groups excluding tert-OH is 1. The van der Waals surface area contributed by atoms with Crippen molar-refractivity contribution in [1.29, 1.82) is 0 Å². The van der Waals surface area contributed by atoms with Gasteiger partial charge in [-0.25, -0.2) is 0 Å². The smallest absolute Gasteiger partial charge is 0.125 e. The highest BCUT2D eigenvalue weighted by Crippen LogP contribution is 2.24. The van der Waals surface area contributed by atoms with Crippen LogP contribution in [0.25, 0.3) is 0 Å². The van der Waals surface area contributed by atoms with Gasteiger partial charge in [0.25, 0.3) is 0 Å². The van der Waals surface area contributed by atoms with E-state index < -0.39 is 0 Å². The van der Waals surface area contributed by atoms with Gasteiger partial charge in [-0.2, -0.15) is 0 Å². The van der Waals surface area contributed by atoms with Crippen molar-refractivity contribution < 1.29 is 9.84 Å². The fourth-order valence-corrected chi connectivity index (χ4v) is 1.69. The first-order valence-corrected chi connectivity index (χ1v) is 5.43. The monoisotopic (exact) mass is 208 g/mol. The van der Waals surface area contributed by atoms with Gasteiger partial charge in [0.2, 0.25) is 0 Å². The average Bonchev–Trinajstić information content (AvgIpc) is 2.15. The molecule has 0 bridgehead atoms. The Morgan fingerprint density at radius 1 is 1.20 bits per heavy atom. The molecule has 1 rings (SSSR count). The van der Waals surface area contributed by atoms with Crippen molar-refractivity contribution in [3.05, 3.63) is 28.8 Å². The van der Waals surface area contributed by atoms with E-state index in [1.165, 1.54) is 5.56 Å². The molecule has 1 N–H and O–H groups in total. The molecule has 0 radical (unpaired) electrons. The first-order valence-electron chi connectivity index (χ1n) is 5.43. The van der Waals surface area contributed by atoms with Crippen molar-refractivity contribution in [3.63, 3.8) is 0 Å². The number of hydrogen-bond donors (Lipinski definition) is 1. The van der Waals surface area contributed by atoms with E-state index in [-0.39, 0.29) is 6.10 Å². The molecule has 0 heterocycles. The third kappa shape index (κ3) is 3.24. The Balaban J connectivity index is 2.77. The zero-order valence-corrected chi connectivity index (χ0v) is 10.0. The van der Waals surface area contributed by atoms with Crippen LogP contribution in [0.2, 0.25) is 0 Å². The van der Waals surface area contributed by atoms with Crippen LogP contribution >= 0.6 is 0 Å². The first kappa shape index (κ1) is 12.1. The quantitative estimate of drug-likeness (QED) is 0.824. The SMILES string of the molecule is CCC(O)COc1c(C)cc(C)cc1C. The Morgan fingerprint density at radius 2 is 1.73 bits per heavy atom. The summed E-state index contributed by atoms with van der Waals surface area (Å²) in [6, 6.07) is 4.20. The molecule has 0 amide bonds. The molecular formula is C13H20O2. The highest BCUT2D eigenvalue weighted by molar-refractivity contribution is 5.42. The average molecular weight is 208 g/mol. The van der Waals surface area contributed by atoms with Crippen LogP contribution in [-0.2, 0) is 0 Å². The van der Waals surface area contributed by atoms with Crippen molar-refractivity contribution in [1.82, 2.24) is 0 Å². The second kappa shape index (κ2) is 5.17. The molecule has 0 fully saturated rings. The lowest BCUT2D eigenvalue weighted by molar-refractivity contribution is 0.103. The number of ether oxygens (including phenoxy) is 1. The summed E-state index contributed by atoms with van der Waals surface area (Å²) in [5.41, 5.74) is 3.51. The molecular weight excluding hydrogens is 188 g/mol. The fraction of sp³-hybridized carbons (Fsp3) is 0.538. The predicted octanol–water partition coefficient (Wildman–Crippen LogP) is 2.76. The molecule has 15 heavy (non-hydrogen) atoms. The fourth-order valence-electron chi connectivity index (χ4n) is 1.69. The maximum Gasteiger partial charge on any atom is 0.125 e. The van der Waals surface area contributed by atoms with Crippen LogP contribution in [0.4, 0.5) is 0 Å². The second-order valence-corrected chi connectivity index (χ2v) is 4.10. The van der Waals surface area contributed by atoms with Gasteiger partial charge in [-0.1, -0.05) is 24.6 Å². The van der Waals surface area contributed by atoms with Gasteiger partial charge < -0.3 is 9.84 Å². The van der Waals surface area contributed by atoms with Crippen molar-refractivity contribution in [2.45, 2.75) is 40.2 Å². The number of aryl methyl sites for hydroxylation is 3. The van der Waals surface area contributed by atoms with Crippen molar-refractivity contribution in [2.75, 3.05) is 6.61 Å². The summed E-state index contributed by atoms with van der Waals surface area (Å²) in [6.45, 7) is 8.47. The van der Waals surface area contributed by atoms with Crippen LogP contribution in [0.3, 0.4) is 0 Å². The summed E-state index contributed by atoms with van der Waals surface area (Å²) in [5, 5.41) is 9.43. The van der Waals surface area contributed by atoms with Crippen LogP contribution in [0, 0.1) is 20.8 Å². The molecule has 0 saturated heterocycles. The number of hydrogen-bond acceptors (Lipinski definition) is 2. The minimum Gasteiger partial charge on any atom is -0.490 e. The molecule has 84 valence electrons. The first-order chi connectivity index (χ1) is 7.04. The molecule has 0 aliphatic heterocycles. The van der Waals surface area contributed by atoms with E-state index in [9.17, 15) is 5.11 Å². The Bertz CT molecular complexity index is 308. The van der Waals surface area contributed by atoms with Crippen LogP contribution in [0.1, 0.15) is 30.0 Å². The van der Waals surface area contributed by atoms with Crippen LogP contribution in [-0.4, -0.2) is 17.8 Å². The lowest BCUT2D eigenvalue weighted by atomic mass is 10.1. The molecule has 0 aliphatic rings. The Kier molecular flexibility index (Phi) is 4.15. The van der Waals surface area contributed by atoms with E-state index in [1.54, 1.807) is 0 Å². The van der Waals surface area contributed by atoms with Gasteiger partial charge in [0, 0.05) is 0 Å². The van der Waals surface area contributed by atoms with Gasteiger partial charge >= 0.3 is 0 Å². The maximum atomic E-state index is 9.43. The van der Waals surface area contributed by atoms with Crippen molar-refractivity contribution >= 4 is 0 Å². The molecule has 2 heteroatoms. The minimum atomic E-state index is -0.370. The van der Waals surface area contributed by atoms with Gasteiger partial charge in [0.1, 0.15) is 12.4 Å². The summed E-state index contributed by atoms with van der Waals surface area (Å²) in [4.78, 5) is 0. The minimum absolute atomic E-state index is 0.370. The zero-order valence-electron chi connectivity index (χ0n) is 10.0. The topological polar surface area (TPSA) is 29.5 Å². The number of benzene rings is 1. The molecule has 0 spiro atoms. The molecule has 0 aromatic heterocycles. The molecule has 2 nitrogen and oxygen atoms in total. The van der Waals surface area contributed by atoms with Crippen molar-refractivity contribution in [3.8, 4) is 5.75 Å². The lowest BCUT2D eigenvalue weighted by Gasteiger charge is -2.15. The van der Waals surface area contributed by atoms with Gasteiger partial charge in [0.15, 0.2) is 0 Å². The third-order valence-corrected chi connectivity index (χ3v) is 2.50. The third-order valence-electron chi connectivity index (χ3n) is 2.50. The van der Waals surface area contributed by atoms with E-state index in [2.05, 4.69) is 19.1 Å². The van der Waals surface area contributed by atoms with Gasteiger partial charge in [-0.15, -0.1) is 0 Å². The van der Waals surface area contributed by atoms with Crippen LogP contribution in [0.15, 0.2) is 12.1 Å². The summed E-state index contributed by atoms with van der Waals surface area (Å²) in [6.07, 6.45) is 0.356. The number of aliphatic hydroxyl groups is 1. The molecule has 1 aromatic rings. The predicted molar refractivity (Wildman–Crippen MR) is 62.4 cm³/mol. The van der Waals surface area contributed by atoms with Crippen molar-refractivity contribution in [2.24, 2.45) is 0 Å². The van der Waals surface area contributed by atoms with Gasteiger partial charge in [0.05, 0.1) is 6.10 Å². The maximum absolute atomic E-state index is 9.43. The standard InChI is InChI=1S/C13H20O2/c1-5-12(14)8-15-13-10(3)6-9(2)7-11(13)4/h6-7,12,14H,5,8H2,1-4H3. The molecule has 1 unspecified atom stereocenters. The summed E-state index contributed by atoms with van der Waals surface area (Å²) in [5.74, 6) is 0.910. The Hall–Kier alpha value is -1.02. The zero-order chi connectivity index (χ0) is 11.4. The Morgan fingerprint density at radius 3 is 2.20 bits per heavy atom. The van der Waals surface area contributed by atoms with Crippen LogP contribution < -0.4 is 4.74 Å². The molecule has 1 atom stereocenters. The van der Waals surface area contributed by atoms with E-state index >= 15 is 0 Å². The second-order valence-electron chi connectivity index (χ2n) is 4.10. The number of rotatable bonds is 4.